The number of thioether (sulfide) groups is 1. The van der Waals surface area contributed by atoms with E-state index in [0.29, 0.717) is 18.3 Å². The fraction of sp³-hybridized carbons (Fsp3) is 0.333. The van der Waals surface area contributed by atoms with Crippen LogP contribution in [0.4, 0.5) is 4.39 Å². The van der Waals surface area contributed by atoms with E-state index >= 15 is 0 Å². The number of rotatable bonds is 5. The normalized spacial score (nSPS) is 21.7. The van der Waals surface area contributed by atoms with E-state index in [-0.39, 0.29) is 11.8 Å². The molecular weight excluding hydrogens is 435 g/mol. The summed E-state index contributed by atoms with van der Waals surface area (Å²) in [6, 6.07) is 14.9. The first-order chi connectivity index (χ1) is 16.0. The number of aromatic nitrogens is 2. The van der Waals surface area contributed by atoms with Gasteiger partial charge in [0.1, 0.15) is 5.82 Å². The number of benzene rings is 2. The monoisotopic (exact) mass is 462 g/mol. The highest BCUT2D eigenvalue weighted by atomic mass is 32.2. The van der Waals surface area contributed by atoms with Crippen LogP contribution < -0.4 is 0 Å². The molecule has 5 rings (SSSR count). The number of hydrogen-bond acceptors (Lipinski definition) is 4. The van der Waals surface area contributed by atoms with Crippen molar-refractivity contribution in [3.63, 3.8) is 0 Å². The second-order valence-corrected chi connectivity index (χ2v) is 10.3. The van der Waals surface area contributed by atoms with Crippen molar-refractivity contribution in [2.75, 3.05) is 6.61 Å². The van der Waals surface area contributed by atoms with Gasteiger partial charge in [-0.25, -0.2) is 9.07 Å². The summed E-state index contributed by atoms with van der Waals surface area (Å²) in [7, 11) is 0. The number of aryl methyl sites for hydroxylation is 1. The molecule has 0 spiro atoms. The maximum Gasteiger partial charge on any atom is 0.316 e. The summed E-state index contributed by atoms with van der Waals surface area (Å²) < 4.78 is 20.9. The first-order valence-corrected chi connectivity index (χ1v) is 12.3. The molecule has 0 N–H and O–H groups in total. The molecule has 4 nitrogen and oxygen atoms in total. The van der Waals surface area contributed by atoms with Crippen molar-refractivity contribution in [3.8, 4) is 5.69 Å². The van der Waals surface area contributed by atoms with Gasteiger partial charge in [0.05, 0.1) is 29.6 Å². The Balaban J connectivity index is 1.48. The molecule has 0 aliphatic heterocycles. The standard InChI is InChI=1S/C27H27FN2O2S/c1-3-32-26(31)27-15-19-17-29-30(22-9-7-21(28)8-10-22)25(19)14-20(27)6-13-24(16-27)33-23-11-4-18(2)5-12-23/h4-5,7-12,14,17,24H,3,6,13,15-16H2,1-2H3/t24-,27-/m0/s1. The van der Waals surface area contributed by atoms with Gasteiger partial charge in [0.2, 0.25) is 0 Å². The minimum Gasteiger partial charge on any atom is -0.465 e. The third-order valence-corrected chi connectivity index (χ3v) is 7.96. The Morgan fingerprint density at radius 3 is 2.70 bits per heavy atom. The average Bonchev–Trinajstić information content (AvgIpc) is 3.22. The molecule has 3 aromatic rings. The molecule has 0 saturated heterocycles. The lowest BCUT2D eigenvalue weighted by atomic mass is 9.64. The lowest BCUT2D eigenvalue weighted by Crippen LogP contribution is -2.44. The molecule has 1 aromatic heterocycles. The lowest BCUT2D eigenvalue weighted by molar-refractivity contribution is -0.154. The van der Waals surface area contributed by atoms with Crippen LogP contribution in [0, 0.1) is 18.2 Å². The van der Waals surface area contributed by atoms with Gasteiger partial charge in [-0.2, -0.15) is 5.10 Å². The van der Waals surface area contributed by atoms with Gasteiger partial charge in [-0.3, -0.25) is 4.79 Å². The number of halogens is 1. The van der Waals surface area contributed by atoms with Crippen molar-refractivity contribution in [2.45, 2.75) is 49.7 Å². The molecule has 0 amide bonds. The molecule has 170 valence electrons. The van der Waals surface area contributed by atoms with Crippen molar-refractivity contribution in [2.24, 2.45) is 5.41 Å². The molecule has 33 heavy (non-hydrogen) atoms. The number of esters is 1. The van der Waals surface area contributed by atoms with Crippen LogP contribution >= 0.6 is 11.8 Å². The summed E-state index contributed by atoms with van der Waals surface area (Å²) in [4.78, 5) is 14.6. The molecule has 1 fully saturated rings. The van der Waals surface area contributed by atoms with Crippen LogP contribution in [0.1, 0.15) is 43.0 Å². The Kier molecular flexibility index (Phi) is 5.87. The summed E-state index contributed by atoms with van der Waals surface area (Å²) in [5.41, 5.74) is 4.52. The van der Waals surface area contributed by atoms with Crippen molar-refractivity contribution in [1.29, 1.82) is 0 Å². The zero-order valence-electron chi connectivity index (χ0n) is 18.9. The number of ether oxygens (including phenoxy) is 1. The minimum atomic E-state index is -0.652. The average molecular weight is 463 g/mol. The van der Waals surface area contributed by atoms with Crippen LogP contribution in [0.15, 0.2) is 65.2 Å². The molecule has 1 saturated carbocycles. The number of carbonyl (C=O) groups is 1. The molecule has 2 aromatic carbocycles. The Bertz CT molecular complexity index is 1200. The lowest BCUT2D eigenvalue weighted by Gasteiger charge is -2.42. The van der Waals surface area contributed by atoms with Crippen LogP contribution in [0.5, 0.6) is 0 Å². The van der Waals surface area contributed by atoms with E-state index in [1.807, 2.05) is 29.6 Å². The number of fused-ring (bicyclic) bond motifs is 2. The van der Waals surface area contributed by atoms with Crippen LogP contribution in [-0.4, -0.2) is 27.6 Å². The molecule has 0 radical (unpaired) electrons. The molecule has 6 heteroatoms. The highest BCUT2D eigenvalue weighted by molar-refractivity contribution is 8.00. The fourth-order valence-corrected chi connectivity index (χ4v) is 6.28. The van der Waals surface area contributed by atoms with E-state index in [9.17, 15) is 9.18 Å². The second-order valence-electron chi connectivity index (χ2n) is 8.89. The van der Waals surface area contributed by atoms with Gasteiger partial charge in [-0.05, 0) is 87.6 Å². The quantitative estimate of drug-likeness (QED) is 0.426. The maximum absolute atomic E-state index is 13.4. The Morgan fingerprint density at radius 1 is 1.21 bits per heavy atom. The number of hydrogen-bond donors (Lipinski definition) is 0. The minimum absolute atomic E-state index is 0.134. The third kappa shape index (κ3) is 4.12. The fourth-order valence-electron chi connectivity index (χ4n) is 5.00. The summed E-state index contributed by atoms with van der Waals surface area (Å²) in [5.74, 6) is -0.408. The predicted molar refractivity (Wildman–Crippen MR) is 129 cm³/mol. The summed E-state index contributed by atoms with van der Waals surface area (Å²) in [5, 5.41) is 4.92. The van der Waals surface area contributed by atoms with Gasteiger partial charge in [-0.15, -0.1) is 11.8 Å². The van der Waals surface area contributed by atoms with E-state index < -0.39 is 5.41 Å². The topological polar surface area (TPSA) is 44.1 Å². The van der Waals surface area contributed by atoms with Gasteiger partial charge >= 0.3 is 5.97 Å². The molecule has 2 aliphatic carbocycles. The first kappa shape index (κ1) is 22.0. The van der Waals surface area contributed by atoms with Gasteiger partial charge in [0, 0.05) is 10.1 Å². The SMILES string of the molecule is CCOC(=O)[C@]12Cc3cnn(-c4ccc(F)cc4)c3C=C1CC[C@H](Sc1ccc(C)cc1)C2. The summed E-state index contributed by atoms with van der Waals surface area (Å²) in [6.07, 6.45) is 7.14. The highest BCUT2D eigenvalue weighted by Crippen LogP contribution is 2.52. The Morgan fingerprint density at radius 2 is 1.97 bits per heavy atom. The van der Waals surface area contributed by atoms with Crippen LogP contribution in [-0.2, 0) is 16.0 Å². The first-order valence-electron chi connectivity index (χ1n) is 11.4. The molecule has 0 unspecified atom stereocenters. The van der Waals surface area contributed by atoms with Gasteiger partial charge < -0.3 is 4.74 Å². The third-order valence-electron chi connectivity index (χ3n) is 6.68. The van der Waals surface area contributed by atoms with E-state index in [4.69, 9.17) is 4.74 Å². The van der Waals surface area contributed by atoms with Crippen LogP contribution in [0.25, 0.3) is 11.8 Å². The highest BCUT2D eigenvalue weighted by Gasteiger charge is 2.50. The van der Waals surface area contributed by atoms with Gasteiger partial charge in [0.15, 0.2) is 0 Å². The van der Waals surface area contributed by atoms with E-state index in [0.717, 1.165) is 41.8 Å². The smallest absolute Gasteiger partial charge is 0.316 e. The summed E-state index contributed by atoms with van der Waals surface area (Å²) in [6.45, 7) is 4.32. The summed E-state index contributed by atoms with van der Waals surface area (Å²) >= 11 is 1.86. The van der Waals surface area contributed by atoms with Gasteiger partial charge in [0.25, 0.3) is 0 Å². The maximum atomic E-state index is 13.4. The molecular formula is C27H27FN2O2S. The van der Waals surface area contributed by atoms with Crippen molar-refractivity contribution >= 4 is 23.8 Å². The zero-order valence-corrected chi connectivity index (χ0v) is 19.7. The molecule has 2 atom stereocenters. The number of nitrogens with zero attached hydrogens (tertiary/aromatic N) is 2. The molecule has 0 bridgehead atoms. The van der Waals surface area contributed by atoms with Crippen LogP contribution in [0.2, 0.25) is 0 Å². The van der Waals surface area contributed by atoms with Gasteiger partial charge in [-0.1, -0.05) is 23.3 Å². The van der Waals surface area contributed by atoms with Crippen LogP contribution in [0.3, 0.4) is 0 Å². The van der Waals surface area contributed by atoms with E-state index in [1.165, 1.54) is 22.6 Å². The van der Waals surface area contributed by atoms with E-state index in [1.54, 1.807) is 12.1 Å². The van der Waals surface area contributed by atoms with Crippen molar-refractivity contribution in [1.82, 2.24) is 9.78 Å². The molecule has 1 heterocycles. The Labute approximate surface area is 197 Å². The molecule has 2 aliphatic rings. The predicted octanol–water partition coefficient (Wildman–Crippen LogP) is 6.15. The van der Waals surface area contributed by atoms with E-state index in [2.05, 4.69) is 42.4 Å². The zero-order chi connectivity index (χ0) is 23.0. The second kappa shape index (κ2) is 8.82. The van der Waals surface area contributed by atoms with Crippen molar-refractivity contribution < 1.29 is 13.9 Å². The Hall–Kier alpha value is -2.86. The van der Waals surface area contributed by atoms with Crippen molar-refractivity contribution in [3.05, 3.63) is 82.9 Å². The number of carbonyl (C=O) groups excluding carboxylic acids is 1. The largest absolute Gasteiger partial charge is 0.465 e.